The van der Waals surface area contributed by atoms with Gasteiger partial charge in [-0.2, -0.15) is 0 Å². The third-order valence-corrected chi connectivity index (χ3v) is 3.73. The Morgan fingerprint density at radius 3 is 2.96 bits per heavy atom. The summed E-state index contributed by atoms with van der Waals surface area (Å²) in [6.07, 6.45) is 4.60. The third kappa shape index (κ3) is 3.07. The quantitative estimate of drug-likeness (QED) is 0.634. The number of aromatic nitrogens is 2. The van der Waals surface area contributed by atoms with Gasteiger partial charge in [0.1, 0.15) is 5.69 Å². The number of rotatable bonds is 3. The molecule has 1 amide bonds. The molecular formula is C15H16N4O4. The molecule has 8 nitrogen and oxygen atoms in total. The Kier molecular flexibility index (Phi) is 4.07. The van der Waals surface area contributed by atoms with Crippen molar-refractivity contribution in [3.8, 4) is 5.69 Å². The third-order valence-electron chi connectivity index (χ3n) is 3.73. The second kappa shape index (κ2) is 6.17. The summed E-state index contributed by atoms with van der Waals surface area (Å²) in [6.45, 7) is 3.34. The second-order valence-electron chi connectivity index (χ2n) is 5.36. The van der Waals surface area contributed by atoms with Crippen molar-refractivity contribution >= 4 is 11.6 Å². The van der Waals surface area contributed by atoms with E-state index in [9.17, 15) is 14.9 Å². The lowest BCUT2D eigenvalue weighted by molar-refractivity contribution is -0.384. The van der Waals surface area contributed by atoms with Gasteiger partial charge in [-0.1, -0.05) is 0 Å². The van der Waals surface area contributed by atoms with Crippen molar-refractivity contribution in [2.24, 2.45) is 0 Å². The molecule has 2 heterocycles. The van der Waals surface area contributed by atoms with E-state index in [2.05, 4.69) is 4.98 Å². The number of nitro benzene ring substituents is 1. The van der Waals surface area contributed by atoms with Crippen molar-refractivity contribution in [3.05, 3.63) is 52.6 Å². The maximum Gasteiger partial charge on any atom is 0.294 e. The van der Waals surface area contributed by atoms with Gasteiger partial charge in [-0.3, -0.25) is 14.9 Å². The lowest BCUT2D eigenvalue weighted by Crippen LogP contribution is -2.44. The highest BCUT2D eigenvalue weighted by Crippen LogP contribution is 2.25. The number of nitrogens with zero attached hydrogens (tertiary/aromatic N) is 4. The summed E-state index contributed by atoms with van der Waals surface area (Å²) in [6, 6.07) is 4.49. The molecule has 0 spiro atoms. The molecule has 1 aromatic carbocycles. The highest BCUT2D eigenvalue weighted by molar-refractivity contribution is 5.95. The highest BCUT2D eigenvalue weighted by atomic mass is 16.6. The first-order valence-corrected chi connectivity index (χ1v) is 7.24. The fourth-order valence-corrected chi connectivity index (χ4v) is 2.61. The molecule has 1 atom stereocenters. The second-order valence-corrected chi connectivity index (χ2v) is 5.36. The van der Waals surface area contributed by atoms with Crippen LogP contribution in [0.5, 0.6) is 0 Å². The van der Waals surface area contributed by atoms with Crippen molar-refractivity contribution in [1.82, 2.24) is 14.5 Å². The van der Waals surface area contributed by atoms with Gasteiger partial charge in [-0.05, 0) is 19.1 Å². The molecule has 1 saturated heterocycles. The Morgan fingerprint density at radius 1 is 1.48 bits per heavy atom. The van der Waals surface area contributed by atoms with E-state index in [4.69, 9.17) is 4.74 Å². The molecule has 1 aliphatic rings. The van der Waals surface area contributed by atoms with Crippen LogP contribution in [0.25, 0.3) is 5.69 Å². The maximum atomic E-state index is 12.5. The number of hydrogen-bond acceptors (Lipinski definition) is 5. The van der Waals surface area contributed by atoms with Crippen LogP contribution in [0.4, 0.5) is 5.69 Å². The monoisotopic (exact) mass is 316 g/mol. The Labute approximate surface area is 132 Å². The molecule has 0 saturated carbocycles. The predicted molar refractivity (Wildman–Crippen MR) is 81.5 cm³/mol. The van der Waals surface area contributed by atoms with E-state index in [1.54, 1.807) is 27.8 Å². The molecule has 1 aliphatic heterocycles. The number of ether oxygens (including phenoxy) is 1. The van der Waals surface area contributed by atoms with Crippen molar-refractivity contribution in [1.29, 1.82) is 0 Å². The Balaban J connectivity index is 1.93. The molecule has 1 unspecified atom stereocenters. The number of morpholine rings is 1. The van der Waals surface area contributed by atoms with Gasteiger partial charge in [0.25, 0.3) is 11.6 Å². The molecule has 3 rings (SSSR count). The van der Waals surface area contributed by atoms with E-state index in [0.29, 0.717) is 30.9 Å². The molecule has 1 fully saturated rings. The summed E-state index contributed by atoms with van der Waals surface area (Å²) in [4.78, 5) is 28.9. The zero-order chi connectivity index (χ0) is 16.4. The molecule has 23 heavy (non-hydrogen) atoms. The van der Waals surface area contributed by atoms with E-state index in [0.717, 1.165) is 0 Å². The topological polar surface area (TPSA) is 90.5 Å². The van der Waals surface area contributed by atoms with Gasteiger partial charge < -0.3 is 14.2 Å². The van der Waals surface area contributed by atoms with Gasteiger partial charge in [0.2, 0.25) is 0 Å². The Bertz CT molecular complexity index is 729. The van der Waals surface area contributed by atoms with Crippen LogP contribution in [0.1, 0.15) is 17.3 Å². The van der Waals surface area contributed by atoms with Crippen LogP contribution >= 0.6 is 0 Å². The van der Waals surface area contributed by atoms with Gasteiger partial charge in [0, 0.05) is 37.1 Å². The van der Waals surface area contributed by atoms with Crippen LogP contribution in [-0.4, -0.2) is 51.1 Å². The van der Waals surface area contributed by atoms with E-state index < -0.39 is 4.92 Å². The highest BCUT2D eigenvalue weighted by Gasteiger charge is 2.25. The summed E-state index contributed by atoms with van der Waals surface area (Å²) in [5.41, 5.74) is 0.546. The normalized spacial score (nSPS) is 18.0. The van der Waals surface area contributed by atoms with Gasteiger partial charge >= 0.3 is 0 Å². The van der Waals surface area contributed by atoms with Gasteiger partial charge in [0.05, 0.1) is 24.0 Å². The molecule has 0 aliphatic carbocycles. The minimum Gasteiger partial charge on any atom is -0.375 e. The minimum absolute atomic E-state index is 0.0343. The van der Waals surface area contributed by atoms with E-state index in [1.807, 2.05) is 6.92 Å². The number of benzene rings is 1. The van der Waals surface area contributed by atoms with E-state index >= 15 is 0 Å². The fraction of sp³-hybridized carbons (Fsp3) is 0.333. The first-order valence-electron chi connectivity index (χ1n) is 7.24. The summed E-state index contributed by atoms with van der Waals surface area (Å²) in [7, 11) is 0. The predicted octanol–water partition coefficient (Wildman–Crippen LogP) is 1.64. The van der Waals surface area contributed by atoms with Crippen LogP contribution in [0.15, 0.2) is 36.9 Å². The molecule has 120 valence electrons. The molecule has 0 N–H and O–H groups in total. The zero-order valence-corrected chi connectivity index (χ0v) is 12.6. The van der Waals surface area contributed by atoms with Crippen molar-refractivity contribution in [3.63, 3.8) is 0 Å². The minimum atomic E-state index is -0.492. The lowest BCUT2D eigenvalue weighted by atomic mass is 10.1. The van der Waals surface area contributed by atoms with Crippen molar-refractivity contribution < 1.29 is 14.5 Å². The molecule has 8 heteroatoms. The van der Waals surface area contributed by atoms with Gasteiger partial charge in [-0.15, -0.1) is 0 Å². The number of amides is 1. The van der Waals surface area contributed by atoms with Crippen molar-refractivity contribution in [2.45, 2.75) is 13.0 Å². The first kappa shape index (κ1) is 15.2. The van der Waals surface area contributed by atoms with E-state index in [1.165, 1.54) is 18.6 Å². The molecule has 1 aromatic heterocycles. The smallest absolute Gasteiger partial charge is 0.294 e. The Hall–Kier alpha value is -2.74. The number of carbonyl (C=O) groups excluding carboxylic acids is 1. The molecular weight excluding hydrogens is 300 g/mol. The standard InChI is InChI=1S/C15H16N4O4/c1-11-9-17(6-7-23-11)15(20)12-2-3-13(14(8-12)19(21)22)18-5-4-16-10-18/h2-5,8,10-11H,6-7,9H2,1H3. The van der Waals surface area contributed by atoms with Crippen LogP contribution in [-0.2, 0) is 4.74 Å². The zero-order valence-electron chi connectivity index (χ0n) is 12.6. The molecule has 0 bridgehead atoms. The van der Waals surface area contributed by atoms with Crippen LogP contribution in [0.3, 0.4) is 0 Å². The number of hydrogen-bond donors (Lipinski definition) is 0. The average Bonchev–Trinajstić information content (AvgIpc) is 3.08. The SMILES string of the molecule is CC1CN(C(=O)c2ccc(-n3ccnc3)c([N+](=O)[O-])c2)CCO1. The molecule has 2 aromatic rings. The van der Waals surface area contributed by atoms with Crippen molar-refractivity contribution in [2.75, 3.05) is 19.7 Å². The summed E-state index contributed by atoms with van der Waals surface area (Å²) in [5, 5.41) is 11.3. The van der Waals surface area contributed by atoms with E-state index in [-0.39, 0.29) is 17.7 Å². The van der Waals surface area contributed by atoms with Gasteiger partial charge in [0.15, 0.2) is 0 Å². The average molecular weight is 316 g/mol. The van der Waals surface area contributed by atoms with Crippen LogP contribution in [0, 0.1) is 10.1 Å². The number of nitro groups is 1. The first-order chi connectivity index (χ1) is 11.1. The maximum absolute atomic E-state index is 12.5. The van der Waals surface area contributed by atoms with Crippen LogP contribution in [0.2, 0.25) is 0 Å². The summed E-state index contributed by atoms with van der Waals surface area (Å²) in [5.74, 6) is -0.222. The molecule has 0 radical (unpaired) electrons. The summed E-state index contributed by atoms with van der Waals surface area (Å²) < 4.78 is 6.96. The summed E-state index contributed by atoms with van der Waals surface area (Å²) >= 11 is 0. The van der Waals surface area contributed by atoms with Gasteiger partial charge in [-0.25, -0.2) is 4.98 Å². The largest absolute Gasteiger partial charge is 0.375 e. The number of carbonyl (C=O) groups is 1. The number of imidazole rings is 1. The Morgan fingerprint density at radius 2 is 2.30 bits per heavy atom. The van der Waals surface area contributed by atoms with Crippen LogP contribution < -0.4 is 0 Å². The lowest BCUT2D eigenvalue weighted by Gasteiger charge is -2.31. The fourth-order valence-electron chi connectivity index (χ4n) is 2.61.